The Morgan fingerprint density at radius 2 is 2.19 bits per heavy atom. The SMILES string of the molecule is C=CCN1C(=O)N(c2cc(C(C)(C)C)on2)C(O)C1CC. The summed E-state index contributed by atoms with van der Waals surface area (Å²) in [5, 5.41) is 14.4. The van der Waals surface area contributed by atoms with Crippen molar-refractivity contribution in [3.8, 4) is 0 Å². The highest BCUT2D eigenvalue weighted by atomic mass is 16.5. The molecule has 1 aliphatic rings. The lowest BCUT2D eigenvalue weighted by Gasteiger charge is -2.21. The molecule has 0 aromatic carbocycles. The Kier molecular flexibility index (Phi) is 4.09. The van der Waals surface area contributed by atoms with Crippen LogP contribution in [-0.2, 0) is 5.41 Å². The monoisotopic (exact) mass is 293 g/mol. The molecule has 0 saturated carbocycles. The molecule has 1 fully saturated rings. The molecule has 2 amide bonds. The van der Waals surface area contributed by atoms with Crippen LogP contribution in [0.1, 0.15) is 39.9 Å². The highest BCUT2D eigenvalue weighted by molar-refractivity contribution is 5.94. The van der Waals surface area contributed by atoms with Gasteiger partial charge in [-0.15, -0.1) is 6.58 Å². The largest absolute Gasteiger partial charge is 0.371 e. The van der Waals surface area contributed by atoms with E-state index >= 15 is 0 Å². The molecule has 6 heteroatoms. The van der Waals surface area contributed by atoms with Crippen LogP contribution >= 0.6 is 0 Å². The standard InChI is InChI=1S/C15H23N3O3/c1-6-8-17-10(7-2)13(19)18(14(17)20)12-9-11(21-16-12)15(3,4)5/h6,9-10,13,19H,1,7-8H2,2-5H3. The number of amides is 2. The van der Waals surface area contributed by atoms with Crippen molar-refractivity contribution in [2.45, 2.75) is 51.8 Å². The average Bonchev–Trinajstić information content (AvgIpc) is 2.95. The number of hydrogen-bond acceptors (Lipinski definition) is 4. The maximum Gasteiger partial charge on any atom is 0.328 e. The van der Waals surface area contributed by atoms with Crippen molar-refractivity contribution < 1.29 is 14.4 Å². The molecule has 2 rings (SSSR count). The first-order valence-corrected chi connectivity index (χ1v) is 7.17. The Morgan fingerprint density at radius 1 is 1.52 bits per heavy atom. The molecule has 0 radical (unpaired) electrons. The number of rotatable bonds is 4. The molecular formula is C15H23N3O3. The van der Waals surface area contributed by atoms with Crippen molar-refractivity contribution in [3.05, 3.63) is 24.5 Å². The molecule has 1 aliphatic heterocycles. The van der Waals surface area contributed by atoms with Crippen molar-refractivity contribution in [1.82, 2.24) is 10.1 Å². The van der Waals surface area contributed by atoms with Crippen LogP contribution in [0.15, 0.2) is 23.2 Å². The van der Waals surface area contributed by atoms with Gasteiger partial charge in [-0.25, -0.2) is 9.69 Å². The van der Waals surface area contributed by atoms with Crippen LogP contribution in [-0.4, -0.2) is 40.0 Å². The van der Waals surface area contributed by atoms with Gasteiger partial charge in [0.1, 0.15) is 5.76 Å². The van der Waals surface area contributed by atoms with E-state index in [0.29, 0.717) is 24.5 Å². The third-order valence-electron chi connectivity index (χ3n) is 3.69. The van der Waals surface area contributed by atoms with Crippen LogP contribution in [0.3, 0.4) is 0 Å². The van der Waals surface area contributed by atoms with E-state index in [9.17, 15) is 9.90 Å². The molecule has 0 spiro atoms. The number of nitrogens with zero attached hydrogens (tertiary/aromatic N) is 3. The number of carbonyl (C=O) groups is 1. The summed E-state index contributed by atoms with van der Waals surface area (Å²) < 4.78 is 5.31. The van der Waals surface area contributed by atoms with Crippen LogP contribution in [0.5, 0.6) is 0 Å². The van der Waals surface area contributed by atoms with E-state index < -0.39 is 6.23 Å². The number of aromatic nitrogens is 1. The van der Waals surface area contributed by atoms with Gasteiger partial charge in [0.25, 0.3) is 0 Å². The molecular weight excluding hydrogens is 270 g/mol. The van der Waals surface area contributed by atoms with E-state index in [-0.39, 0.29) is 17.5 Å². The first-order chi connectivity index (χ1) is 9.81. The van der Waals surface area contributed by atoms with Gasteiger partial charge in [-0.2, -0.15) is 0 Å². The quantitative estimate of drug-likeness (QED) is 0.866. The van der Waals surface area contributed by atoms with Gasteiger partial charge in [0.15, 0.2) is 12.0 Å². The second kappa shape index (κ2) is 5.52. The minimum Gasteiger partial charge on any atom is -0.371 e. The molecule has 1 N–H and O–H groups in total. The van der Waals surface area contributed by atoms with Gasteiger partial charge >= 0.3 is 6.03 Å². The van der Waals surface area contributed by atoms with Crippen LogP contribution < -0.4 is 4.90 Å². The fourth-order valence-electron chi connectivity index (χ4n) is 2.48. The third-order valence-corrected chi connectivity index (χ3v) is 3.69. The number of aliphatic hydroxyl groups excluding tert-OH is 1. The van der Waals surface area contributed by atoms with Crippen molar-refractivity contribution in [3.63, 3.8) is 0 Å². The summed E-state index contributed by atoms with van der Waals surface area (Å²) in [7, 11) is 0. The Bertz CT molecular complexity index is 533. The topological polar surface area (TPSA) is 69.8 Å². The summed E-state index contributed by atoms with van der Waals surface area (Å²) in [6.45, 7) is 12.0. The zero-order chi connectivity index (χ0) is 15.8. The van der Waals surface area contributed by atoms with Crippen LogP contribution in [0.4, 0.5) is 10.6 Å². The number of urea groups is 1. The van der Waals surface area contributed by atoms with E-state index in [2.05, 4.69) is 11.7 Å². The number of carbonyl (C=O) groups excluding carboxylic acids is 1. The molecule has 0 bridgehead atoms. The second-order valence-electron chi connectivity index (χ2n) is 6.28. The van der Waals surface area contributed by atoms with Gasteiger partial charge in [-0.3, -0.25) is 0 Å². The van der Waals surface area contributed by atoms with Gasteiger partial charge in [0.05, 0.1) is 6.04 Å². The van der Waals surface area contributed by atoms with Crippen molar-refractivity contribution >= 4 is 11.8 Å². The van der Waals surface area contributed by atoms with Crippen LogP contribution in [0.2, 0.25) is 0 Å². The summed E-state index contributed by atoms with van der Waals surface area (Å²) in [6.07, 6.45) is 1.38. The maximum absolute atomic E-state index is 12.5. The van der Waals surface area contributed by atoms with E-state index in [4.69, 9.17) is 4.52 Å². The van der Waals surface area contributed by atoms with E-state index in [1.54, 1.807) is 17.0 Å². The van der Waals surface area contributed by atoms with Gasteiger partial charge < -0.3 is 14.5 Å². The smallest absolute Gasteiger partial charge is 0.328 e. The molecule has 116 valence electrons. The highest BCUT2D eigenvalue weighted by Gasteiger charge is 2.45. The van der Waals surface area contributed by atoms with Crippen LogP contribution in [0.25, 0.3) is 0 Å². The number of anilines is 1. The lowest BCUT2D eigenvalue weighted by atomic mass is 9.93. The first-order valence-electron chi connectivity index (χ1n) is 7.17. The number of aliphatic hydroxyl groups is 1. The highest BCUT2D eigenvalue weighted by Crippen LogP contribution is 2.32. The normalized spacial score (nSPS) is 23.0. The van der Waals surface area contributed by atoms with Gasteiger partial charge in [-0.1, -0.05) is 38.9 Å². The molecule has 6 nitrogen and oxygen atoms in total. The summed E-state index contributed by atoms with van der Waals surface area (Å²) in [6, 6.07) is 1.17. The molecule has 1 aromatic heterocycles. The molecule has 2 heterocycles. The molecule has 21 heavy (non-hydrogen) atoms. The van der Waals surface area contributed by atoms with Crippen molar-refractivity contribution in [2.24, 2.45) is 0 Å². The minimum atomic E-state index is -0.930. The fourth-order valence-corrected chi connectivity index (χ4v) is 2.48. The third kappa shape index (κ3) is 2.68. The summed E-state index contributed by atoms with van der Waals surface area (Å²) in [5.74, 6) is 1.02. The molecule has 2 unspecified atom stereocenters. The molecule has 1 aromatic rings. The van der Waals surface area contributed by atoms with E-state index in [1.165, 1.54) is 4.90 Å². The summed E-state index contributed by atoms with van der Waals surface area (Å²) in [5.41, 5.74) is -0.204. The predicted molar refractivity (Wildman–Crippen MR) is 80.1 cm³/mol. The van der Waals surface area contributed by atoms with Crippen LogP contribution in [0, 0.1) is 0 Å². The minimum absolute atomic E-state index is 0.204. The fraction of sp³-hybridized carbons (Fsp3) is 0.600. The van der Waals surface area contributed by atoms with Gasteiger partial charge in [-0.05, 0) is 6.42 Å². The number of hydrogen-bond donors (Lipinski definition) is 1. The van der Waals surface area contributed by atoms with Crippen molar-refractivity contribution in [1.29, 1.82) is 0 Å². The summed E-state index contributed by atoms with van der Waals surface area (Å²) in [4.78, 5) is 15.4. The zero-order valence-electron chi connectivity index (χ0n) is 13.0. The first kappa shape index (κ1) is 15.6. The Balaban J connectivity index is 2.33. The predicted octanol–water partition coefficient (Wildman–Crippen LogP) is 2.50. The van der Waals surface area contributed by atoms with E-state index in [0.717, 1.165) is 0 Å². The lowest BCUT2D eigenvalue weighted by molar-refractivity contribution is 0.120. The average molecular weight is 293 g/mol. The molecule has 2 atom stereocenters. The van der Waals surface area contributed by atoms with Gasteiger partial charge in [0, 0.05) is 18.0 Å². The lowest BCUT2D eigenvalue weighted by Crippen LogP contribution is -2.36. The van der Waals surface area contributed by atoms with Gasteiger partial charge in [0.2, 0.25) is 0 Å². The zero-order valence-corrected chi connectivity index (χ0v) is 13.0. The van der Waals surface area contributed by atoms with Crippen molar-refractivity contribution in [2.75, 3.05) is 11.4 Å². The van der Waals surface area contributed by atoms with E-state index in [1.807, 2.05) is 27.7 Å². The summed E-state index contributed by atoms with van der Waals surface area (Å²) >= 11 is 0. The molecule has 1 saturated heterocycles. The molecule has 0 aliphatic carbocycles. The second-order valence-corrected chi connectivity index (χ2v) is 6.28. The Morgan fingerprint density at radius 3 is 2.67 bits per heavy atom. The maximum atomic E-state index is 12.5. The Hall–Kier alpha value is -1.82. The Labute approximate surface area is 125 Å².